The van der Waals surface area contributed by atoms with Crippen LogP contribution >= 0.6 is 11.6 Å². The van der Waals surface area contributed by atoms with Crippen LogP contribution in [0.4, 0.5) is 0 Å². The van der Waals surface area contributed by atoms with E-state index in [1.807, 2.05) is 0 Å². The Kier molecular flexibility index (Phi) is 2.65. The molecule has 0 aliphatic rings. The summed E-state index contributed by atoms with van der Waals surface area (Å²) in [5, 5.41) is 8.89. The van der Waals surface area contributed by atoms with Gasteiger partial charge in [0.25, 0.3) is 0 Å². The van der Waals surface area contributed by atoms with Crippen LogP contribution in [0.2, 0.25) is 5.02 Å². The fourth-order valence-corrected chi connectivity index (χ4v) is 2.03. The Morgan fingerprint density at radius 1 is 1.50 bits per heavy atom. The van der Waals surface area contributed by atoms with E-state index in [9.17, 15) is 8.42 Å². The fourth-order valence-electron chi connectivity index (χ4n) is 1.38. The van der Waals surface area contributed by atoms with Crippen LogP contribution in [-0.4, -0.2) is 13.6 Å². The number of rotatable bonds is 2. The van der Waals surface area contributed by atoms with Gasteiger partial charge in [-0.15, -0.1) is 0 Å². The average molecular weight is 261 g/mol. The summed E-state index contributed by atoms with van der Waals surface area (Å²) in [6.07, 6.45) is 0. The van der Waals surface area contributed by atoms with Gasteiger partial charge in [-0.3, -0.25) is 0 Å². The van der Waals surface area contributed by atoms with Crippen molar-refractivity contribution >= 4 is 32.6 Å². The Morgan fingerprint density at radius 2 is 2.19 bits per heavy atom. The van der Waals surface area contributed by atoms with E-state index in [1.165, 1.54) is 6.92 Å². The molecule has 0 amide bonds. The van der Waals surface area contributed by atoms with Crippen molar-refractivity contribution in [3.8, 4) is 0 Å². The number of primary sulfonamides is 1. The highest BCUT2D eigenvalue weighted by atomic mass is 35.5. The molecule has 5 nitrogen and oxygen atoms in total. The summed E-state index contributed by atoms with van der Waals surface area (Å²) in [7, 11) is -3.70. The fraction of sp³-hybridized carbons (Fsp3) is 0.222. The minimum absolute atomic E-state index is 0.278. The minimum atomic E-state index is -3.70. The average Bonchev–Trinajstić information content (AvgIpc) is 2.57. The lowest BCUT2D eigenvalue weighted by Crippen LogP contribution is -2.19. The van der Waals surface area contributed by atoms with Gasteiger partial charge in [-0.1, -0.05) is 16.8 Å². The molecule has 2 aromatic rings. The van der Waals surface area contributed by atoms with Crippen molar-refractivity contribution in [2.24, 2.45) is 5.14 Å². The highest BCUT2D eigenvalue weighted by molar-refractivity contribution is 7.89. The van der Waals surface area contributed by atoms with Crippen LogP contribution in [0.15, 0.2) is 22.7 Å². The number of fused-ring (bicyclic) bond motifs is 1. The molecule has 0 saturated carbocycles. The molecule has 1 unspecified atom stereocenters. The van der Waals surface area contributed by atoms with Crippen molar-refractivity contribution in [3.63, 3.8) is 0 Å². The lowest BCUT2D eigenvalue weighted by atomic mass is 10.2. The van der Waals surface area contributed by atoms with E-state index in [1.54, 1.807) is 18.2 Å². The summed E-state index contributed by atoms with van der Waals surface area (Å²) < 4.78 is 27.4. The van der Waals surface area contributed by atoms with Gasteiger partial charge in [0, 0.05) is 10.4 Å². The quantitative estimate of drug-likeness (QED) is 0.892. The topological polar surface area (TPSA) is 86.2 Å². The largest absolute Gasteiger partial charge is 0.356 e. The van der Waals surface area contributed by atoms with Crippen molar-refractivity contribution in [3.05, 3.63) is 28.9 Å². The second-order valence-electron chi connectivity index (χ2n) is 3.44. The van der Waals surface area contributed by atoms with E-state index in [0.29, 0.717) is 16.0 Å². The summed E-state index contributed by atoms with van der Waals surface area (Å²) in [5.41, 5.74) is 0.759. The van der Waals surface area contributed by atoms with Crippen LogP contribution in [0.5, 0.6) is 0 Å². The van der Waals surface area contributed by atoms with E-state index >= 15 is 0 Å². The third kappa shape index (κ3) is 1.91. The zero-order valence-corrected chi connectivity index (χ0v) is 9.92. The first kappa shape index (κ1) is 11.4. The number of sulfonamides is 1. The van der Waals surface area contributed by atoms with Crippen LogP contribution in [0, 0.1) is 0 Å². The molecule has 1 heterocycles. The molecule has 0 radical (unpaired) electrons. The normalized spacial score (nSPS) is 14.2. The maximum atomic E-state index is 11.2. The van der Waals surface area contributed by atoms with Crippen molar-refractivity contribution in [2.45, 2.75) is 12.2 Å². The maximum Gasteiger partial charge on any atom is 0.217 e. The van der Waals surface area contributed by atoms with Crippen molar-refractivity contribution in [1.82, 2.24) is 5.16 Å². The van der Waals surface area contributed by atoms with Gasteiger partial charge in [-0.2, -0.15) is 0 Å². The number of hydrogen-bond donors (Lipinski definition) is 1. The zero-order valence-electron chi connectivity index (χ0n) is 8.34. The van der Waals surface area contributed by atoms with Gasteiger partial charge in [0.2, 0.25) is 10.0 Å². The SMILES string of the molecule is CC(c1noc2ccc(Cl)cc12)S(N)(=O)=O. The third-order valence-electron chi connectivity index (χ3n) is 2.34. The first-order chi connectivity index (χ1) is 7.39. The van der Waals surface area contributed by atoms with E-state index in [-0.39, 0.29) is 5.69 Å². The molecular formula is C9H9ClN2O3S. The van der Waals surface area contributed by atoms with Gasteiger partial charge in [0.15, 0.2) is 5.58 Å². The second kappa shape index (κ2) is 3.73. The first-order valence-electron chi connectivity index (χ1n) is 4.46. The Hall–Kier alpha value is -1.11. The van der Waals surface area contributed by atoms with Gasteiger partial charge in [0.1, 0.15) is 10.9 Å². The van der Waals surface area contributed by atoms with Crippen LogP contribution in [0.25, 0.3) is 11.0 Å². The zero-order chi connectivity index (χ0) is 11.9. The molecule has 0 aliphatic carbocycles. The standard InChI is InChI=1S/C9H9ClN2O3S/c1-5(16(11,13)14)9-7-4-6(10)2-3-8(7)15-12-9/h2-5H,1H3,(H2,11,13,14). The summed E-state index contributed by atoms with van der Waals surface area (Å²) in [4.78, 5) is 0. The molecule has 2 N–H and O–H groups in total. The van der Waals surface area contributed by atoms with Gasteiger partial charge >= 0.3 is 0 Å². The lowest BCUT2D eigenvalue weighted by molar-refractivity contribution is 0.444. The molecule has 16 heavy (non-hydrogen) atoms. The summed E-state index contributed by atoms with van der Waals surface area (Å²) in [6, 6.07) is 4.87. The Balaban J connectivity index is 2.66. The molecule has 1 atom stereocenters. The smallest absolute Gasteiger partial charge is 0.217 e. The van der Waals surface area contributed by atoms with Gasteiger partial charge in [-0.25, -0.2) is 13.6 Å². The van der Waals surface area contributed by atoms with Crippen molar-refractivity contribution in [2.75, 3.05) is 0 Å². The van der Waals surface area contributed by atoms with Crippen molar-refractivity contribution in [1.29, 1.82) is 0 Å². The van der Waals surface area contributed by atoms with Gasteiger partial charge in [-0.05, 0) is 25.1 Å². The van der Waals surface area contributed by atoms with Crippen LogP contribution in [0.3, 0.4) is 0 Å². The molecule has 0 bridgehead atoms. The van der Waals surface area contributed by atoms with E-state index in [0.717, 1.165) is 0 Å². The van der Waals surface area contributed by atoms with E-state index < -0.39 is 15.3 Å². The number of benzene rings is 1. The van der Waals surface area contributed by atoms with Crippen LogP contribution < -0.4 is 5.14 Å². The molecule has 86 valence electrons. The Bertz CT molecular complexity index is 635. The molecule has 0 spiro atoms. The third-order valence-corrected chi connectivity index (χ3v) is 3.78. The Morgan fingerprint density at radius 3 is 2.81 bits per heavy atom. The molecule has 7 heteroatoms. The summed E-state index contributed by atoms with van der Waals surface area (Å²) in [5.74, 6) is 0. The summed E-state index contributed by atoms with van der Waals surface area (Å²) >= 11 is 5.82. The Labute approximate surface area is 97.2 Å². The number of nitrogens with two attached hydrogens (primary N) is 1. The first-order valence-corrected chi connectivity index (χ1v) is 6.45. The van der Waals surface area contributed by atoms with Gasteiger partial charge in [0.05, 0.1) is 0 Å². The van der Waals surface area contributed by atoms with Crippen LogP contribution in [-0.2, 0) is 10.0 Å². The lowest BCUT2D eigenvalue weighted by Gasteiger charge is -2.04. The number of nitrogens with zero attached hydrogens (tertiary/aromatic N) is 1. The molecule has 0 fully saturated rings. The molecule has 2 rings (SSSR count). The molecule has 1 aromatic heterocycles. The molecule has 0 aliphatic heterocycles. The molecule has 1 aromatic carbocycles. The predicted molar refractivity (Wildman–Crippen MR) is 60.5 cm³/mol. The minimum Gasteiger partial charge on any atom is -0.356 e. The monoisotopic (exact) mass is 260 g/mol. The van der Waals surface area contributed by atoms with Gasteiger partial charge < -0.3 is 4.52 Å². The van der Waals surface area contributed by atoms with E-state index in [4.69, 9.17) is 21.3 Å². The van der Waals surface area contributed by atoms with Crippen molar-refractivity contribution < 1.29 is 12.9 Å². The number of halogens is 1. The molecule has 0 saturated heterocycles. The summed E-state index contributed by atoms with van der Waals surface area (Å²) in [6.45, 7) is 1.45. The highest BCUT2D eigenvalue weighted by Gasteiger charge is 2.24. The second-order valence-corrected chi connectivity index (χ2v) is 5.76. The molecular weight excluding hydrogens is 252 g/mol. The van der Waals surface area contributed by atoms with E-state index in [2.05, 4.69) is 5.16 Å². The number of hydrogen-bond acceptors (Lipinski definition) is 4. The number of aromatic nitrogens is 1. The maximum absolute atomic E-state index is 11.2. The van der Waals surface area contributed by atoms with Crippen LogP contribution in [0.1, 0.15) is 17.9 Å². The predicted octanol–water partition coefficient (Wildman–Crippen LogP) is 1.83. The highest BCUT2D eigenvalue weighted by Crippen LogP contribution is 2.29.